The molecular weight excluding hydrogens is 422 g/mol. The van der Waals surface area contributed by atoms with Crippen LogP contribution in [0.1, 0.15) is 67.9 Å². The number of hydrogen-bond donors (Lipinski definition) is 0. The van der Waals surface area contributed by atoms with Crippen molar-refractivity contribution in [2.45, 2.75) is 52.0 Å². The van der Waals surface area contributed by atoms with Gasteiger partial charge in [0.15, 0.2) is 16.9 Å². The maximum absolute atomic E-state index is 12.9. The normalized spacial score (nSPS) is 19.9. The van der Waals surface area contributed by atoms with Gasteiger partial charge in [0.05, 0.1) is 26.0 Å². The van der Waals surface area contributed by atoms with Gasteiger partial charge in [0.25, 0.3) is 0 Å². The number of ether oxygens (including phenoxy) is 4. The minimum Gasteiger partial charge on any atom is -0.493 e. The minimum atomic E-state index is -0.576. The summed E-state index contributed by atoms with van der Waals surface area (Å²) in [5.74, 6) is 0.991. The Morgan fingerprint density at radius 3 is 2.64 bits per heavy atom. The van der Waals surface area contributed by atoms with Crippen LogP contribution < -0.4 is 14.9 Å². The quantitative estimate of drug-likeness (QED) is 0.429. The first-order chi connectivity index (χ1) is 15.8. The van der Waals surface area contributed by atoms with E-state index >= 15 is 0 Å². The highest BCUT2D eigenvalue weighted by molar-refractivity contribution is 5.89. The number of fused-ring (bicyclic) bond motifs is 6. The largest absolute Gasteiger partial charge is 0.493 e. The molecule has 0 amide bonds. The molecule has 178 valence electrons. The molecule has 1 fully saturated rings. The third-order valence-corrected chi connectivity index (χ3v) is 6.92. The molecule has 2 atom stereocenters. The fraction of sp³-hybridized carbons (Fsp3) is 0.538. The number of methoxy groups -OCH3 is 2. The fourth-order valence-corrected chi connectivity index (χ4v) is 5.39. The van der Waals surface area contributed by atoms with Gasteiger partial charge in [0, 0.05) is 49.9 Å². The van der Waals surface area contributed by atoms with E-state index in [4.69, 9.17) is 18.9 Å². The van der Waals surface area contributed by atoms with Crippen molar-refractivity contribution in [3.63, 3.8) is 0 Å². The van der Waals surface area contributed by atoms with Gasteiger partial charge in [-0.05, 0) is 42.9 Å². The molecule has 7 nitrogen and oxygen atoms in total. The molecular formula is C26H33NO6. The number of carbonyl (C=O) groups excluding carboxylic acids is 1. The Labute approximate surface area is 194 Å². The van der Waals surface area contributed by atoms with Crippen LogP contribution in [0.2, 0.25) is 0 Å². The zero-order chi connectivity index (χ0) is 23.8. The van der Waals surface area contributed by atoms with Crippen LogP contribution in [0.4, 0.5) is 0 Å². The van der Waals surface area contributed by atoms with Gasteiger partial charge in [0.1, 0.15) is 5.56 Å². The molecule has 1 saturated carbocycles. The maximum Gasteiger partial charge on any atom is 0.343 e. The second-order valence-corrected chi connectivity index (χ2v) is 9.43. The Balaban J connectivity index is 1.86. The first-order valence-electron chi connectivity index (χ1n) is 11.6. The topological polar surface area (TPSA) is 76.0 Å². The van der Waals surface area contributed by atoms with Crippen molar-refractivity contribution in [1.82, 2.24) is 4.57 Å². The number of hydrogen-bond acceptors (Lipinski definition) is 6. The Morgan fingerprint density at radius 1 is 1.15 bits per heavy atom. The third kappa shape index (κ3) is 4.14. The highest BCUT2D eigenvalue weighted by atomic mass is 16.5. The van der Waals surface area contributed by atoms with E-state index in [1.807, 2.05) is 6.07 Å². The zero-order valence-electron chi connectivity index (χ0n) is 20.1. The van der Waals surface area contributed by atoms with Crippen molar-refractivity contribution in [3.8, 4) is 22.8 Å². The molecule has 1 aliphatic heterocycles. The summed E-state index contributed by atoms with van der Waals surface area (Å²) in [6.07, 6.45) is 4.54. The average molecular weight is 456 g/mol. The van der Waals surface area contributed by atoms with Crippen molar-refractivity contribution in [2.75, 3.05) is 34.0 Å². The third-order valence-electron chi connectivity index (χ3n) is 6.92. The van der Waals surface area contributed by atoms with Crippen LogP contribution in [0.5, 0.6) is 11.5 Å². The lowest BCUT2D eigenvalue weighted by molar-refractivity contribution is 0.0523. The molecule has 33 heavy (non-hydrogen) atoms. The summed E-state index contributed by atoms with van der Waals surface area (Å²) in [4.78, 5) is 25.4. The summed E-state index contributed by atoms with van der Waals surface area (Å²) in [6, 6.07) is 5.71. The molecule has 2 heterocycles. The molecule has 0 radical (unpaired) electrons. The smallest absolute Gasteiger partial charge is 0.343 e. The van der Waals surface area contributed by atoms with Gasteiger partial charge in [-0.25, -0.2) is 4.79 Å². The van der Waals surface area contributed by atoms with Gasteiger partial charge in [-0.15, -0.1) is 0 Å². The van der Waals surface area contributed by atoms with Crippen molar-refractivity contribution in [1.29, 1.82) is 0 Å². The van der Waals surface area contributed by atoms with Crippen LogP contribution in [0.15, 0.2) is 29.2 Å². The predicted octanol–water partition coefficient (Wildman–Crippen LogP) is 4.57. The van der Waals surface area contributed by atoms with Crippen LogP contribution >= 0.6 is 0 Å². The van der Waals surface area contributed by atoms with Crippen molar-refractivity contribution in [3.05, 3.63) is 45.7 Å². The summed E-state index contributed by atoms with van der Waals surface area (Å²) >= 11 is 0. The van der Waals surface area contributed by atoms with E-state index in [1.165, 1.54) is 0 Å². The number of aromatic nitrogens is 1. The van der Waals surface area contributed by atoms with Gasteiger partial charge in [-0.2, -0.15) is 0 Å². The van der Waals surface area contributed by atoms with Gasteiger partial charge < -0.3 is 23.5 Å². The molecule has 2 aromatic rings. The molecule has 7 heteroatoms. The molecule has 0 bridgehead atoms. The summed E-state index contributed by atoms with van der Waals surface area (Å²) in [6.45, 7) is 7.62. The highest BCUT2D eigenvalue weighted by Gasteiger charge is 2.47. The predicted molar refractivity (Wildman–Crippen MR) is 125 cm³/mol. The summed E-state index contributed by atoms with van der Waals surface area (Å²) in [5.41, 5.74) is 2.65. The molecule has 4 rings (SSSR count). The van der Waals surface area contributed by atoms with Crippen molar-refractivity contribution >= 4 is 5.97 Å². The highest BCUT2D eigenvalue weighted by Crippen LogP contribution is 2.59. The minimum absolute atomic E-state index is 0.00246. The van der Waals surface area contributed by atoms with Gasteiger partial charge >= 0.3 is 5.97 Å². The number of carbonyl (C=O) groups is 1. The standard InChI is InChI=1S/C26H33NO6/c1-6-32-25(29)19-15-27-20(14-21(19)28)18-13-22(31-5)23(33-11-7-10-30-4)12-17(18)16-8-9-26(2,3)24(16)27/h12-16,24H,6-11H2,1-5H3/t16-,24-/m0/s1. The van der Waals surface area contributed by atoms with E-state index in [1.54, 1.807) is 33.4 Å². The molecule has 2 aliphatic rings. The van der Waals surface area contributed by atoms with E-state index in [9.17, 15) is 9.59 Å². The summed E-state index contributed by atoms with van der Waals surface area (Å²) < 4.78 is 24.1. The van der Waals surface area contributed by atoms with Gasteiger partial charge in [-0.1, -0.05) is 13.8 Å². The van der Waals surface area contributed by atoms with E-state index < -0.39 is 5.97 Å². The Hall–Kier alpha value is -2.80. The Morgan fingerprint density at radius 2 is 1.94 bits per heavy atom. The number of pyridine rings is 1. The van der Waals surface area contributed by atoms with Crippen LogP contribution in [0, 0.1) is 5.41 Å². The van der Waals surface area contributed by atoms with E-state index in [-0.39, 0.29) is 35.0 Å². The zero-order valence-corrected chi connectivity index (χ0v) is 20.1. The molecule has 1 aromatic carbocycles. The SMILES string of the molecule is CCOC(=O)c1cn2c(cc1=O)-c1cc(OC)c(OCCCOC)cc1[C@@H]1CCC(C)(C)[C@H]12. The number of benzene rings is 1. The summed E-state index contributed by atoms with van der Waals surface area (Å²) in [7, 11) is 3.29. The molecule has 1 aliphatic carbocycles. The van der Waals surface area contributed by atoms with E-state index in [0.717, 1.165) is 36.1 Å². The lowest BCUT2D eigenvalue weighted by atomic mass is 9.77. The fourth-order valence-electron chi connectivity index (χ4n) is 5.39. The Kier molecular flexibility index (Phi) is 6.52. The van der Waals surface area contributed by atoms with Gasteiger partial charge in [-0.3, -0.25) is 4.79 Å². The maximum atomic E-state index is 12.9. The van der Waals surface area contributed by atoms with Crippen molar-refractivity contribution < 1.29 is 23.7 Å². The summed E-state index contributed by atoms with van der Waals surface area (Å²) in [5, 5.41) is 0. The average Bonchev–Trinajstić information content (AvgIpc) is 3.11. The lowest BCUT2D eigenvalue weighted by Gasteiger charge is -2.40. The number of esters is 1. The van der Waals surface area contributed by atoms with E-state index in [2.05, 4.69) is 24.5 Å². The van der Waals surface area contributed by atoms with Crippen molar-refractivity contribution in [2.24, 2.45) is 5.41 Å². The molecule has 0 N–H and O–H groups in total. The second-order valence-electron chi connectivity index (χ2n) is 9.43. The number of nitrogens with zero attached hydrogens (tertiary/aromatic N) is 1. The molecule has 0 unspecified atom stereocenters. The monoisotopic (exact) mass is 455 g/mol. The van der Waals surface area contributed by atoms with Crippen LogP contribution in [-0.2, 0) is 9.47 Å². The number of rotatable bonds is 8. The van der Waals surface area contributed by atoms with Crippen LogP contribution in [0.25, 0.3) is 11.3 Å². The molecule has 0 saturated heterocycles. The van der Waals surface area contributed by atoms with E-state index in [0.29, 0.717) is 24.7 Å². The lowest BCUT2D eigenvalue weighted by Crippen LogP contribution is -2.32. The van der Waals surface area contributed by atoms with Crippen LogP contribution in [-0.4, -0.2) is 44.6 Å². The first-order valence-corrected chi connectivity index (χ1v) is 11.6. The first kappa shape index (κ1) is 23.4. The van der Waals surface area contributed by atoms with Crippen LogP contribution in [0.3, 0.4) is 0 Å². The molecule has 1 aromatic heterocycles. The molecule has 0 spiro atoms. The second kappa shape index (κ2) is 9.21. The Bertz CT molecular complexity index is 1100. The van der Waals surface area contributed by atoms with Gasteiger partial charge in [0.2, 0.25) is 0 Å².